The van der Waals surface area contributed by atoms with Crippen molar-refractivity contribution >= 4 is 34.9 Å². The number of nitrogens with one attached hydrogen (secondary N) is 1. The van der Waals surface area contributed by atoms with Gasteiger partial charge in [-0.1, -0.05) is 30.3 Å². The van der Waals surface area contributed by atoms with Crippen molar-refractivity contribution in [3.05, 3.63) is 81.3 Å². The Hall–Kier alpha value is -3.52. The van der Waals surface area contributed by atoms with Crippen molar-refractivity contribution < 1.29 is 23.9 Å². The summed E-state index contributed by atoms with van der Waals surface area (Å²) in [5.41, 5.74) is 1.77. The van der Waals surface area contributed by atoms with Crippen LogP contribution in [-0.4, -0.2) is 37.0 Å². The molecule has 29 heavy (non-hydrogen) atoms. The van der Waals surface area contributed by atoms with E-state index in [9.17, 15) is 14.4 Å². The van der Waals surface area contributed by atoms with Crippen LogP contribution in [-0.2, 0) is 15.9 Å². The highest BCUT2D eigenvalue weighted by molar-refractivity contribution is 7.09. The summed E-state index contributed by atoms with van der Waals surface area (Å²) >= 11 is 1.37. The second-order valence-electron chi connectivity index (χ2n) is 5.99. The van der Waals surface area contributed by atoms with Crippen LogP contribution in [0.2, 0.25) is 0 Å². The minimum atomic E-state index is -0.639. The molecule has 1 N–H and O–H groups in total. The lowest BCUT2D eigenvalue weighted by molar-refractivity contribution is 0.0587. The number of amides is 1. The van der Waals surface area contributed by atoms with Gasteiger partial charge in [-0.15, -0.1) is 11.3 Å². The molecule has 3 aromatic rings. The number of nitrogens with zero attached hydrogens (tertiary/aromatic N) is 1. The average Bonchev–Trinajstić information content (AvgIpc) is 3.22. The van der Waals surface area contributed by atoms with Crippen molar-refractivity contribution in [2.24, 2.45) is 0 Å². The van der Waals surface area contributed by atoms with Crippen molar-refractivity contribution in [1.29, 1.82) is 0 Å². The zero-order valence-corrected chi connectivity index (χ0v) is 16.6. The van der Waals surface area contributed by atoms with Gasteiger partial charge in [-0.05, 0) is 23.8 Å². The smallest absolute Gasteiger partial charge is 0.339 e. The first kappa shape index (κ1) is 20.2. The largest absolute Gasteiger partial charge is 0.465 e. The maximum atomic E-state index is 12.7. The quantitative estimate of drug-likeness (QED) is 0.625. The van der Waals surface area contributed by atoms with Gasteiger partial charge in [0.25, 0.3) is 5.91 Å². The lowest BCUT2D eigenvalue weighted by atomic mass is 10.1. The summed E-state index contributed by atoms with van der Waals surface area (Å²) in [5.74, 6) is -1.72. The van der Waals surface area contributed by atoms with Gasteiger partial charge in [-0.2, -0.15) is 0 Å². The number of anilines is 1. The molecule has 0 unspecified atom stereocenters. The molecule has 0 spiro atoms. The zero-order chi connectivity index (χ0) is 20.8. The number of methoxy groups -OCH3 is 2. The van der Waals surface area contributed by atoms with Crippen molar-refractivity contribution in [1.82, 2.24) is 4.98 Å². The third kappa shape index (κ3) is 4.85. The second-order valence-corrected chi connectivity index (χ2v) is 6.93. The standard InChI is InChI=1S/C21H18N2O5S/c1-27-20(25)14-8-9-15(21(26)28-2)16(11-14)23-19(24)17-12-29-18(22-17)10-13-6-4-3-5-7-13/h3-9,11-12H,10H2,1-2H3,(H,23,24). The molecule has 1 amide bonds. The molecule has 1 heterocycles. The summed E-state index contributed by atoms with van der Waals surface area (Å²) in [4.78, 5) is 40.8. The summed E-state index contributed by atoms with van der Waals surface area (Å²) in [6.45, 7) is 0. The first-order chi connectivity index (χ1) is 14.0. The lowest BCUT2D eigenvalue weighted by Gasteiger charge is -2.10. The molecule has 0 atom stereocenters. The van der Waals surface area contributed by atoms with Crippen LogP contribution < -0.4 is 5.32 Å². The molecule has 0 aliphatic carbocycles. The summed E-state index contributed by atoms with van der Waals surface area (Å²) in [7, 11) is 2.48. The van der Waals surface area contributed by atoms with Crippen LogP contribution in [0, 0.1) is 0 Å². The van der Waals surface area contributed by atoms with Gasteiger partial charge in [0.05, 0.1) is 36.0 Å². The van der Waals surface area contributed by atoms with Crippen LogP contribution >= 0.6 is 11.3 Å². The highest BCUT2D eigenvalue weighted by Gasteiger charge is 2.19. The minimum Gasteiger partial charge on any atom is -0.465 e. The molecule has 0 radical (unpaired) electrons. The number of benzene rings is 2. The molecular weight excluding hydrogens is 392 g/mol. The Bertz CT molecular complexity index is 1050. The van der Waals surface area contributed by atoms with Crippen molar-refractivity contribution in [3.63, 3.8) is 0 Å². The molecule has 3 rings (SSSR count). The monoisotopic (exact) mass is 410 g/mol. The number of carbonyl (C=O) groups is 3. The molecule has 0 aliphatic heterocycles. The molecule has 0 bridgehead atoms. The average molecular weight is 410 g/mol. The van der Waals surface area contributed by atoms with Crippen LogP contribution in [0.3, 0.4) is 0 Å². The van der Waals surface area contributed by atoms with E-state index in [0.717, 1.165) is 10.6 Å². The molecule has 8 heteroatoms. The van der Waals surface area contributed by atoms with Gasteiger partial charge in [0.1, 0.15) is 5.69 Å². The summed E-state index contributed by atoms with van der Waals surface area (Å²) in [6, 6.07) is 14.0. The molecule has 0 aliphatic rings. The van der Waals surface area contributed by atoms with Crippen LogP contribution in [0.15, 0.2) is 53.9 Å². The van der Waals surface area contributed by atoms with E-state index in [2.05, 4.69) is 15.0 Å². The molecule has 1 aromatic heterocycles. The Morgan fingerprint density at radius 2 is 1.72 bits per heavy atom. The van der Waals surface area contributed by atoms with Gasteiger partial charge < -0.3 is 14.8 Å². The number of hydrogen-bond acceptors (Lipinski definition) is 7. The number of carbonyl (C=O) groups excluding carboxylic acids is 3. The van der Waals surface area contributed by atoms with Crippen LogP contribution in [0.1, 0.15) is 41.8 Å². The first-order valence-electron chi connectivity index (χ1n) is 8.62. The normalized spacial score (nSPS) is 10.3. The predicted molar refractivity (Wildman–Crippen MR) is 108 cm³/mol. The fraction of sp³-hybridized carbons (Fsp3) is 0.143. The zero-order valence-electron chi connectivity index (χ0n) is 15.8. The van der Waals surface area contributed by atoms with E-state index >= 15 is 0 Å². The van der Waals surface area contributed by atoms with Gasteiger partial charge in [0, 0.05) is 11.8 Å². The SMILES string of the molecule is COC(=O)c1ccc(C(=O)OC)c(NC(=O)c2csc(Cc3ccccc3)n2)c1. The van der Waals surface area contributed by atoms with E-state index in [1.165, 1.54) is 43.8 Å². The third-order valence-corrected chi connectivity index (χ3v) is 4.93. The number of rotatable bonds is 6. The van der Waals surface area contributed by atoms with Gasteiger partial charge in [-0.25, -0.2) is 14.6 Å². The number of esters is 2. The number of thiazole rings is 1. The van der Waals surface area contributed by atoms with Crippen LogP contribution in [0.4, 0.5) is 5.69 Å². The Morgan fingerprint density at radius 1 is 1.00 bits per heavy atom. The first-order valence-corrected chi connectivity index (χ1v) is 9.50. The molecule has 7 nitrogen and oxygen atoms in total. The Labute approximate surface area is 171 Å². The van der Waals surface area contributed by atoms with Gasteiger partial charge in [-0.3, -0.25) is 4.79 Å². The summed E-state index contributed by atoms with van der Waals surface area (Å²) in [6.07, 6.45) is 0.615. The van der Waals surface area contributed by atoms with Crippen molar-refractivity contribution in [2.45, 2.75) is 6.42 Å². The predicted octanol–water partition coefficient (Wildman–Crippen LogP) is 3.56. The molecule has 0 saturated heterocycles. The van der Waals surface area contributed by atoms with Gasteiger partial charge in [0.15, 0.2) is 0 Å². The van der Waals surface area contributed by atoms with E-state index < -0.39 is 17.8 Å². The van der Waals surface area contributed by atoms with Gasteiger partial charge >= 0.3 is 11.9 Å². The van der Waals surface area contributed by atoms with E-state index in [1.54, 1.807) is 5.38 Å². The number of hydrogen-bond donors (Lipinski definition) is 1. The van der Waals surface area contributed by atoms with Crippen molar-refractivity contribution in [3.8, 4) is 0 Å². The Balaban J connectivity index is 1.82. The van der Waals surface area contributed by atoms with E-state index in [1.807, 2.05) is 30.3 Å². The Kier molecular flexibility index (Phi) is 6.36. The highest BCUT2D eigenvalue weighted by Crippen LogP contribution is 2.22. The Morgan fingerprint density at radius 3 is 2.41 bits per heavy atom. The fourth-order valence-electron chi connectivity index (χ4n) is 2.63. The molecular formula is C21H18N2O5S. The number of aromatic nitrogens is 1. The maximum Gasteiger partial charge on any atom is 0.339 e. The van der Waals surface area contributed by atoms with E-state index in [4.69, 9.17) is 4.74 Å². The maximum absolute atomic E-state index is 12.7. The van der Waals surface area contributed by atoms with Crippen LogP contribution in [0.25, 0.3) is 0 Å². The van der Waals surface area contributed by atoms with Crippen LogP contribution in [0.5, 0.6) is 0 Å². The number of ether oxygens (including phenoxy) is 2. The van der Waals surface area contributed by atoms with Crippen molar-refractivity contribution in [2.75, 3.05) is 19.5 Å². The third-order valence-electron chi connectivity index (χ3n) is 4.08. The van der Waals surface area contributed by atoms with Gasteiger partial charge in [0.2, 0.25) is 0 Å². The second kappa shape index (κ2) is 9.11. The molecule has 148 valence electrons. The topological polar surface area (TPSA) is 94.6 Å². The summed E-state index contributed by atoms with van der Waals surface area (Å²) < 4.78 is 9.43. The molecule has 0 fully saturated rings. The fourth-order valence-corrected chi connectivity index (χ4v) is 3.44. The summed E-state index contributed by atoms with van der Waals surface area (Å²) in [5, 5.41) is 5.07. The molecule has 0 saturated carbocycles. The molecule has 2 aromatic carbocycles. The van der Waals surface area contributed by atoms with E-state index in [0.29, 0.717) is 6.42 Å². The highest BCUT2D eigenvalue weighted by atomic mass is 32.1. The van der Waals surface area contributed by atoms with E-state index in [-0.39, 0.29) is 22.5 Å². The minimum absolute atomic E-state index is 0.119. The lowest BCUT2D eigenvalue weighted by Crippen LogP contribution is -2.17.